The standard InChI is InChI=1S/C14H20N2O6S/c1-4-22-14(18)15-8-9-16(23(3,19)20)12-7-5-6-11(10-12)13(17)21-2/h5-7,10H,4,8-9H2,1-3H3,(H,15,18). The number of nitrogens with one attached hydrogen (secondary N) is 1. The minimum Gasteiger partial charge on any atom is -0.465 e. The fourth-order valence-electron chi connectivity index (χ4n) is 1.83. The molecule has 1 aromatic rings. The van der Waals surface area contributed by atoms with Gasteiger partial charge in [0.05, 0.1) is 37.8 Å². The van der Waals surface area contributed by atoms with E-state index in [1.54, 1.807) is 19.1 Å². The molecule has 1 rings (SSSR count). The monoisotopic (exact) mass is 344 g/mol. The topological polar surface area (TPSA) is 102 Å². The van der Waals surface area contributed by atoms with Crippen molar-refractivity contribution in [1.82, 2.24) is 5.32 Å². The normalized spacial score (nSPS) is 10.7. The molecule has 0 aliphatic carbocycles. The van der Waals surface area contributed by atoms with E-state index in [4.69, 9.17) is 4.74 Å². The quantitative estimate of drug-likeness (QED) is 0.740. The Kier molecular flexibility index (Phi) is 6.83. The van der Waals surface area contributed by atoms with Gasteiger partial charge in [-0.1, -0.05) is 6.07 Å². The van der Waals surface area contributed by atoms with Crippen molar-refractivity contribution in [2.45, 2.75) is 6.92 Å². The van der Waals surface area contributed by atoms with E-state index < -0.39 is 22.1 Å². The minimum atomic E-state index is -3.59. The maximum absolute atomic E-state index is 11.9. The number of hydrogen-bond acceptors (Lipinski definition) is 6. The van der Waals surface area contributed by atoms with Gasteiger partial charge in [0.2, 0.25) is 10.0 Å². The number of nitrogens with zero attached hydrogens (tertiary/aromatic N) is 1. The zero-order chi connectivity index (χ0) is 17.5. The predicted octanol–water partition coefficient (Wildman–Crippen LogP) is 0.985. The largest absolute Gasteiger partial charge is 0.465 e. The highest BCUT2D eigenvalue weighted by Gasteiger charge is 2.19. The summed E-state index contributed by atoms with van der Waals surface area (Å²) in [5, 5.41) is 2.45. The van der Waals surface area contributed by atoms with Gasteiger partial charge < -0.3 is 14.8 Å². The molecular formula is C14H20N2O6S. The van der Waals surface area contributed by atoms with Crippen LogP contribution in [0.3, 0.4) is 0 Å². The molecule has 1 aromatic carbocycles. The van der Waals surface area contributed by atoms with Crippen LogP contribution in [0.1, 0.15) is 17.3 Å². The second-order valence-corrected chi connectivity index (χ2v) is 6.43. The summed E-state index contributed by atoms with van der Waals surface area (Å²) in [7, 11) is -2.35. The number of benzene rings is 1. The van der Waals surface area contributed by atoms with Crippen molar-refractivity contribution >= 4 is 27.8 Å². The first-order valence-electron chi connectivity index (χ1n) is 6.86. The second kappa shape index (κ2) is 8.37. The molecule has 0 aromatic heterocycles. The molecule has 1 N–H and O–H groups in total. The van der Waals surface area contributed by atoms with Crippen LogP contribution in [0.2, 0.25) is 0 Å². The summed E-state index contributed by atoms with van der Waals surface area (Å²) < 4.78 is 34.3. The third kappa shape index (κ3) is 5.78. The lowest BCUT2D eigenvalue weighted by Gasteiger charge is -2.22. The molecule has 0 fully saturated rings. The van der Waals surface area contributed by atoms with Crippen molar-refractivity contribution in [3.05, 3.63) is 29.8 Å². The first kappa shape index (κ1) is 18.8. The van der Waals surface area contributed by atoms with E-state index in [9.17, 15) is 18.0 Å². The highest BCUT2D eigenvalue weighted by Crippen LogP contribution is 2.19. The van der Waals surface area contributed by atoms with Crippen molar-refractivity contribution < 1.29 is 27.5 Å². The van der Waals surface area contributed by atoms with Gasteiger partial charge in [-0.25, -0.2) is 18.0 Å². The van der Waals surface area contributed by atoms with Gasteiger partial charge in [-0.05, 0) is 25.1 Å². The lowest BCUT2D eigenvalue weighted by molar-refractivity contribution is 0.0600. The number of alkyl carbamates (subject to hydrolysis) is 1. The molecule has 0 radical (unpaired) electrons. The van der Waals surface area contributed by atoms with E-state index in [2.05, 4.69) is 10.1 Å². The smallest absolute Gasteiger partial charge is 0.407 e. The van der Waals surface area contributed by atoms with Crippen LogP contribution in [0.15, 0.2) is 24.3 Å². The van der Waals surface area contributed by atoms with Crippen LogP contribution in [-0.2, 0) is 19.5 Å². The molecule has 0 spiro atoms. The summed E-state index contributed by atoms with van der Waals surface area (Å²) in [5.41, 5.74) is 0.540. The zero-order valence-corrected chi connectivity index (χ0v) is 14.1. The number of amides is 1. The summed E-state index contributed by atoms with van der Waals surface area (Å²) in [4.78, 5) is 22.8. The maximum atomic E-state index is 11.9. The molecular weight excluding hydrogens is 324 g/mol. The van der Waals surface area contributed by atoms with E-state index in [0.29, 0.717) is 5.69 Å². The van der Waals surface area contributed by atoms with Gasteiger partial charge in [0.1, 0.15) is 0 Å². The van der Waals surface area contributed by atoms with Gasteiger partial charge in [0.15, 0.2) is 0 Å². The van der Waals surface area contributed by atoms with Gasteiger partial charge in [-0.3, -0.25) is 4.31 Å². The molecule has 0 aliphatic heterocycles. The lowest BCUT2D eigenvalue weighted by Crippen LogP contribution is -2.38. The molecule has 0 heterocycles. The van der Waals surface area contributed by atoms with Crippen LogP contribution in [0.5, 0.6) is 0 Å². The van der Waals surface area contributed by atoms with Crippen molar-refractivity contribution in [2.75, 3.05) is 37.4 Å². The maximum Gasteiger partial charge on any atom is 0.407 e. The molecule has 0 bridgehead atoms. The van der Waals surface area contributed by atoms with Gasteiger partial charge in [-0.15, -0.1) is 0 Å². The molecule has 23 heavy (non-hydrogen) atoms. The molecule has 9 heteroatoms. The number of ether oxygens (including phenoxy) is 2. The number of methoxy groups -OCH3 is 1. The molecule has 0 unspecified atom stereocenters. The van der Waals surface area contributed by atoms with Gasteiger partial charge in [0, 0.05) is 6.54 Å². The van der Waals surface area contributed by atoms with Gasteiger partial charge in [-0.2, -0.15) is 0 Å². The van der Waals surface area contributed by atoms with Crippen LogP contribution in [0.25, 0.3) is 0 Å². The molecule has 0 saturated heterocycles. The van der Waals surface area contributed by atoms with Crippen LogP contribution >= 0.6 is 0 Å². The van der Waals surface area contributed by atoms with E-state index in [1.807, 2.05) is 0 Å². The summed E-state index contributed by atoms with van der Waals surface area (Å²) in [6, 6.07) is 6.04. The molecule has 0 aliphatic rings. The number of esters is 1. The van der Waals surface area contributed by atoms with Crippen LogP contribution < -0.4 is 9.62 Å². The van der Waals surface area contributed by atoms with Crippen LogP contribution in [-0.4, -0.2) is 53.5 Å². The Labute approximate surface area is 135 Å². The number of rotatable bonds is 7. The third-order valence-electron chi connectivity index (χ3n) is 2.82. The minimum absolute atomic E-state index is 0.00226. The van der Waals surface area contributed by atoms with Crippen LogP contribution in [0, 0.1) is 0 Å². The Morgan fingerprint density at radius 3 is 2.57 bits per heavy atom. The fraction of sp³-hybridized carbons (Fsp3) is 0.429. The molecule has 8 nitrogen and oxygen atoms in total. The number of carbonyl (C=O) groups is 2. The third-order valence-corrected chi connectivity index (χ3v) is 4.01. The number of anilines is 1. The SMILES string of the molecule is CCOC(=O)NCCN(c1cccc(C(=O)OC)c1)S(C)(=O)=O. The van der Waals surface area contributed by atoms with E-state index in [1.165, 1.54) is 19.2 Å². The molecule has 128 valence electrons. The number of sulfonamides is 1. The highest BCUT2D eigenvalue weighted by molar-refractivity contribution is 7.92. The van der Waals surface area contributed by atoms with E-state index in [0.717, 1.165) is 10.6 Å². The van der Waals surface area contributed by atoms with Crippen molar-refractivity contribution in [2.24, 2.45) is 0 Å². The van der Waals surface area contributed by atoms with Crippen molar-refractivity contribution in [1.29, 1.82) is 0 Å². The predicted molar refractivity (Wildman–Crippen MR) is 85.0 cm³/mol. The van der Waals surface area contributed by atoms with Crippen LogP contribution in [0.4, 0.5) is 10.5 Å². The number of carbonyl (C=O) groups excluding carboxylic acids is 2. The average molecular weight is 344 g/mol. The fourth-order valence-corrected chi connectivity index (χ4v) is 2.75. The first-order chi connectivity index (χ1) is 10.8. The Bertz CT molecular complexity index is 659. The van der Waals surface area contributed by atoms with Gasteiger partial charge in [0.25, 0.3) is 0 Å². The highest BCUT2D eigenvalue weighted by atomic mass is 32.2. The summed E-state index contributed by atoms with van der Waals surface area (Å²) in [5.74, 6) is -0.565. The number of hydrogen-bond donors (Lipinski definition) is 1. The Balaban J connectivity index is 2.91. The molecule has 0 atom stereocenters. The van der Waals surface area contributed by atoms with Gasteiger partial charge >= 0.3 is 12.1 Å². The lowest BCUT2D eigenvalue weighted by atomic mass is 10.2. The summed E-state index contributed by atoms with van der Waals surface area (Å²) in [6.45, 7) is 1.96. The van der Waals surface area contributed by atoms with E-state index >= 15 is 0 Å². The Morgan fingerprint density at radius 2 is 2.00 bits per heavy atom. The van der Waals surface area contributed by atoms with Crippen molar-refractivity contribution in [3.8, 4) is 0 Å². The first-order valence-corrected chi connectivity index (χ1v) is 8.71. The van der Waals surface area contributed by atoms with Crippen molar-refractivity contribution in [3.63, 3.8) is 0 Å². The Hall–Kier alpha value is -2.29. The molecule has 1 amide bonds. The average Bonchev–Trinajstić information content (AvgIpc) is 2.50. The molecule has 0 saturated carbocycles. The summed E-state index contributed by atoms with van der Waals surface area (Å²) in [6.07, 6.45) is 0.423. The zero-order valence-electron chi connectivity index (χ0n) is 13.2. The second-order valence-electron chi connectivity index (χ2n) is 4.52. The van der Waals surface area contributed by atoms with E-state index in [-0.39, 0.29) is 25.3 Å². The Morgan fingerprint density at radius 1 is 1.30 bits per heavy atom. The summed E-state index contributed by atoms with van der Waals surface area (Å²) >= 11 is 0.